The van der Waals surface area contributed by atoms with Crippen molar-refractivity contribution < 1.29 is 9.32 Å². The molecule has 8 heteroatoms. The lowest BCUT2D eigenvalue weighted by Crippen LogP contribution is -2.28. The van der Waals surface area contributed by atoms with E-state index in [9.17, 15) is 9.59 Å². The first-order chi connectivity index (χ1) is 17.4. The van der Waals surface area contributed by atoms with Crippen LogP contribution in [0.15, 0.2) is 76.2 Å². The molecule has 2 aromatic carbocycles. The van der Waals surface area contributed by atoms with Crippen LogP contribution in [0.1, 0.15) is 22.4 Å². The van der Waals surface area contributed by atoms with E-state index in [1.807, 2.05) is 69.3 Å². The first kappa shape index (κ1) is 23.2. The number of amides is 1. The molecule has 5 aromatic rings. The Hall–Kier alpha value is -4.59. The first-order valence-electron chi connectivity index (χ1n) is 11.6. The van der Waals surface area contributed by atoms with Gasteiger partial charge in [0.1, 0.15) is 17.8 Å². The summed E-state index contributed by atoms with van der Waals surface area (Å²) in [5, 5.41) is 7.37. The average Bonchev–Trinajstić information content (AvgIpc) is 3.36. The number of aromatic nitrogens is 4. The van der Waals surface area contributed by atoms with Crippen molar-refractivity contribution in [3.8, 4) is 22.8 Å². The minimum Gasteiger partial charge on any atom is -0.350 e. The lowest BCUT2D eigenvalue weighted by molar-refractivity contribution is -0.121. The number of carbonyl (C=O) groups is 1. The van der Waals surface area contributed by atoms with Crippen LogP contribution in [-0.4, -0.2) is 25.6 Å². The molecule has 0 atom stereocenters. The minimum absolute atomic E-state index is 0.0228. The lowest BCUT2D eigenvalue weighted by Gasteiger charge is -2.12. The maximum atomic E-state index is 13.3. The Balaban J connectivity index is 1.48. The minimum atomic E-state index is -0.284. The summed E-state index contributed by atoms with van der Waals surface area (Å²) in [6.45, 7) is 6.23. The molecule has 0 saturated carbocycles. The monoisotopic (exact) mass is 479 g/mol. The summed E-state index contributed by atoms with van der Waals surface area (Å²) in [5.74, 6) is 0.265. The molecule has 0 aliphatic rings. The maximum absolute atomic E-state index is 13.3. The molecule has 0 unspecified atom stereocenters. The van der Waals surface area contributed by atoms with Gasteiger partial charge in [0.05, 0.1) is 5.39 Å². The standard InChI is InChI=1S/C28H25N5O3/c1-17-4-9-20(10-5-17)14-29-24(34)16-33-15-23(25(35)22-13-8-19(3)30-27(22)33)28-31-26(32-36-28)21-11-6-18(2)7-12-21/h4-13,15H,14,16H2,1-3H3,(H,29,34). The van der Waals surface area contributed by atoms with Crippen LogP contribution in [0.3, 0.4) is 0 Å². The molecule has 0 saturated heterocycles. The molecule has 0 aliphatic carbocycles. The van der Waals surface area contributed by atoms with Gasteiger partial charge in [-0.15, -0.1) is 0 Å². The van der Waals surface area contributed by atoms with Crippen molar-refractivity contribution >= 4 is 16.9 Å². The van der Waals surface area contributed by atoms with E-state index in [2.05, 4.69) is 20.4 Å². The summed E-state index contributed by atoms with van der Waals surface area (Å²) in [6, 6.07) is 19.2. The summed E-state index contributed by atoms with van der Waals surface area (Å²) in [6.07, 6.45) is 1.56. The number of hydrogen-bond acceptors (Lipinski definition) is 6. The van der Waals surface area contributed by atoms with E-state index in [-0.39, 0.29) is 29.3 Å². The van der Waals surface area contributed by atoms with Gasteiger partial charge in [0.15, 0.2) is 0 Å². The lowest BCUT2D eigenvalue weighted by atomic mass is 10.1. The fraction of sp³-hybridized carbons (Fsp3) is 0.179. The zero-order valence-corrected chi connectivity index (χ0v) is 20.3. The number of benzene rings is 2. The summed E-state index contributed by atoms with van der Waals surface area (Å²) >= 11 is 0. The van der Waals surface area contributed by atoms with Gasteiger partial charge in [-0.25, -0.2) is 4.98 Å². The van der Waals surface area contributed by atoms with Gasteiger partial charge in [-0.3, -0.25) is 9.59 Å². The number of rotatable bonds is 6. The van der Waals surface area contributed by atoms with Crippen molar-refractivity contribution in [3.05, 3.63) is 99.5 Å². The molecule has 180 valence electrons. The van der Waals surface area contributed by atoms with Crippen molar-refractivity contribution in [2.45, 2.75) is 33.9 Å². The van der Waals surface area contributed by atoms with Crippen LogP contribution in [0, 0.1) is 20.8 Å². The van der Waals surface area contributed by atoms with Crippen LogP contribution >= 0.6 is 0 Å². The van der Waals surface area contributed by atoms with E-state index in [1.54, 1.807) is 22.9 Å². The van der Waals surface area contributed by atoms with E-state index < -0.39 is 0 Å². The highest BCUT2D eigenvalue weighted by atomic mass is 16.5. The van der Waals surface area contributed by atoms with Crippen LogP contribution in [-0.2, 0) is 17.9 Å². The van der Waals surface area contributed by atoms with Crippen LogP contribution in [0.25, 0.3) is 33.9 Å². The molecule has 0 bridgehead atoms. The van der Waals surface area contributed by atoms with E-state index >= 15 is 0 Å². The molecule has 0 spiro atoms. The Bertz CT molecular complexity index is 1620. The quantitative estimate of drug-likeness (QED) is 0.388. The first-order valence-corrected chi connectivity index (χ1v) is 11.6. The molecule has 36 heavy (non-hydrogen) atoms. The molecule has 0 fully saturated rings. The molecule has 5 rings (SSSR count). The van der Waals surface area contributed by atoms with E-state index in [0.717, 1.165) is 27.9 Å². The number of fused-ring (bicyclic) bond motifs is 1. The van der Waals surface area contributed by atoms with Gasteiger partial charge in [0.2, 0.25) is 17.2 Å². The predicted octanol–water partition coefficient (Wildman–Crippen LogP) is 4.36. The molecule has 0 aliphatic heterocycles. The fourth-order valence-electron chi connectivity index (χ4n) is 3.90. The Labute approximate surface area is 207 Å². The molecule has 3 aromatic heterocycles. The fourth-order valence-corrected chi connectivity index (χ4v) is 3.90. The summed E-state index contributed by atoms with van der Waals surface area (Å²) < 4.78 is 7.12. The molecule has 1 N–H and O–H groups in total. The largest absolute Gasteiger partial charge is 0.350 e. The highest BCUT2D eigenvalue weighted by Crippen LogP contribution is 2.22. The predicted molar refractivity (Wildman–Crippen MR) is 137 cm³/mol. The van der Waals surface area contributed by atoms with E-state index in [0.29, 0.717) is 23.4 Å². The number of pyridine rings is 2. The third-order valence-corrected chi connectivity index (χ3v) is 5.95. The van der Waals surface area contributed by atoms with Crippen molar-refractivity contribution in [2.75, 3.05) is 0 Å². The van der Waals surface area contributed by atoms with Gasteiger partial charge < -0.3 is 14.4 Å². The third-order valence-electron chi connectivity index (χ3n) is 5.95. The van der Waals surface area contributed by atoms with Crippen molar-refractivity contribution in [1.29, 1.82) is 0 Å². The van der Waals surface area contributed by atoms with Crippen molar-refractivity contribution in [1.82, 2.24) is 25.0 Å². The van der Waals surface area contributed by atoms with Gasteiger partial charge in [-0.2, -0.15) is 4.98 Å². The van der Waals surface area contributed by atoms with Crippen molar-refractivity contribution in [3.63, 3.8) is 0 Å². The van der Waals surface area contributed by atoms with Crippen LogP contribution in [0.2, 0.25) is 0 Å². The highest BCUT2D eigenvalue weighted by Gasteiger charge is 2.19. The van der Waals surface area contributed by atoms with Crippen LogP contribution in [0.5, 0.6) is 0 Å². The summed E-state index contributed by atoms with van der Waals surface area (Å²) in [7, 11) is 0. The number of carbonyl (C=O) groups excluding carboxylic acids is 1. The molecular weight excluding hydrogens is 454 g/mol. The smallest absolute Gasteiger partial charge is 0.263 e. The van der Waals surface area contributed by atoms with Gasteiger partial charge >= 0.3 is 0 Å². The number of nitrogens with one attached hydrogen (secondary N) is 1. The van der Waals surface area contributed by atoms with Crippen LogP contribution in [0.4, 0.5) is 0 Å². The number of hydrogen-bond donors (Lipinski definition) is 1. The van der Waals surface area contributed by atoms with Gasteiger partial charge in [-0.05, 0) is 38.5 Å². The summed E-state index contributed by atoms with van der Waals surface area (Å²) in [5.41, 5.74) is 5.15. The topological polar surface area (TPSA) is 103 Å². The number of nitrogens with zero attached hydrogens (tertiary/aromatic N) is 4. The van der Waals surface area contributed by atoms with Gasteiger partial charge in [-0.1, -0.05) is 64.8 Å². The molecule has 1 amide bonds. The second kappa shape index (κ2) is 9.58. The Kier molecular flexibility index (Phi) is 6.16. The van der Waals surface area contributed by atoms with Crippen molar-refractivity contribution in [2.24, 2.45) is 0 Å². The zero-order valence-electron chi connectivity index (χ0n) is 20.3. The average molecular weight is 480 g/mol. The molecular formula is C28H25N5O3. The molecule has 0 radical (unpaired) electrons. The molecule has 8 nitrogen and oxygen atoms in total. The third kappa shape index (κ3) is 4.79. The van der Waals surface area contributed by atoms with E-state index in [4.69, 9.17) is 4.52 Å². The van der Waals surface area contributed by atoms with Gasteiger partial charge in [0, 0.05) is 24.0 Å². The highest BCUT2D eigenvalue weighted by molar-refractivity contribution is 5.83. The Morgan fingerprint density at radius 2 is 1.61 bits per heavy atom. The van der Waals surface area contributed by atoms with E-state index in [1.165, 1.54) is 0 Å². The SMILES string of the molecule is Cc1ccc(CNC(=O)Cn2cc(-c3nc(-c4ccc(C)cc4)no3)c(=O)c3ccc(C)nc32)cc1. The second-order valence-electron chi connectivity index (χ2n) is 8.88. The zero-order chi connectivity index (χ0) is 25.2. The molecule has 3 heterocycles. The van der Waals surface area contributed by atoms with Gasteiger partial charge in [0.25, 0.3) is 5.89 Å². The Morgan fingerprint density at radius 3 is 2.33 bits per heavy atom. The maximum Gasteiger partial charge on any atom is 0.263 e. The Morgan fingerprint density at radius 1 is 0.917 bits per heavy atom. The van der Waals surface area contributed by atoms with Crippen LogP contribution < -0.4 is 10.7 Å². The normalized spacial score (nSPS) is 11.1. The number of aryl methyl sites for hydroxylation is 3. The summed E-state index contributed by atoms with van der Waals surface area (Å²) in [4.78, 5) is 35.2. The second-order valence-corrected chi connectivity index (χ2v) is 8.88.